The summed E-state index contributed by atoms with van der Waals surface area (Å²) in [6.07, 6.45) is -0.177. The normalized spacial score (nSPS) is 24.2. The van der Waals surface area contributed by atoms with Gasteiger partial charge in [-0.1, -0.05) is 6.92 Å². The number of aliphatic carboxylic acids is 1. The molecule has 7 nitrogen and oxygen atoms in total. The molecule has 1 aliphatic heterocycles. The smallest absolute Gasteiger partial charge is 0.326 e. The lowest BCUT2D eigenvalue weighted by molar-refractivity contribution is -0.147. The van der Waals surface area contributed by atoms with Gasteiger partial charge in [0.1, 0.15) is 11.8 Å². The minimum absolute atomic E-state index is 0.117. The summed E-state index contributed by atoms with van der Waals surface area (Å²) in [4.78, 5) is 23.9. The largest absolute Gasteiger partial charge is 0.480 e. The van der Waals surface area contributed by atoms with Crippen LogP contribution in [0.15, 0.2) is 0 Å². The van der Waals surface area contributed by atoms with Crippen LogP contribution in [0.5, 0.6) is 0 Å². The van der Waals surface area contributed by atoms with Crippen molar-refractivity contribution in [3.8, 4) is 0 Å². The van der Waals surface area contributed by atoms with Crippen LogP contribution in [0.3, 0.4) is 0 Å². The van der Waals surface area contributed by atoms with Gasteiger partial charge in [-0.2, -0.15) is 0 Å². The molecular weight excluding hydrogens is 262 g/mol. The molecule has 1 amide bonds. The lowest BCUT2D eigenvalue weighted by Gasteiger charge is -2.20. The van der Waals surface area contributed by atoms with Crippen LogP contribution in [0.4, 0.5) is 0 Å². The molecule has 0 aromatic carbocycles. The van der Waals surface area contributed by atoms with Crippen molar-refractivity contribution in [2.75, 3.05) is 25.2 Å². The van der Waals surface area contributed by atoms with Crippen molar-refractivity contribution >= 4 is 21.7 Å². The van der Waals surface area contributed by atoms with Crippen molar-refractivity contribution in [3.05, 3.63) is 0 Å². The maximum atomic E-state index is 11.8. The number of hydrogen-bond donors (Lipinski definition) is 1. The maximum Gasteiger partial charge on any atom is 0.326 e. The van der Waals surface area contributed by atoms with Gasteiger partial charge in [-0.05, 0) is 0 Å². The Morgan fingerprint density at radius 2 is 2.06 bits per heavy atom. The van der Waals surface area contributed by atoms with Crippen LogP contribution in [-0.2, 0) is 24.2 Å². The monoisotopic (exact) mass is 279 g/mol. The highest BCUT2D eigenvalue weighted by atomic mass is 32.2. The zero-order chi connectivity index (χ0) is 13.9. The Morgan fingerprint density at radius 3 is 2.50 bits per heavy atom. The summed E-state index contributed by atoms with van der Waals surface area (Å²) in [7, 11) is -2.02. The maximum absolute atomic E-state index is 11.8. The first kappa shape index (κ1) is 14.9. The fourth-order valence-electron chi connectivity index (χ4n) is 1.85. The van der Waals surface area contributed by atoms with Gasteiger partial charge < -0.3 is 14.7 Å². The van der Waals surface area contributed by atoms with Gasteiger partial charge in [0, 0.05) is 25.8 Å². The molecule has 2 atom stereocenters. The van der Waals surface area contributed by atoms with E-state index in [0.717, 1.165) is 4.90 Å². The Hall–Kier alpha value is -1.15. The number of amides is 1. The second-order valence-electron chi connectivity index (χ2n) is 4.17. The number of likely N-dealkylation sites (tertiary alicyclic amines) is 1. The SMILES string of the molecule is CCS(=O)(=O)CC(=O)N1CC(OC)CC1C(=O)O. The molecule has 0 radical (unpaired) electrons. The number of ether oxygens (including phenoxy) is 1. The topological polar surface area (TPSA) is 101 Å². The Morgan fingerprint density at radius 1 is 1.44 bits per heavy atom. The molecule has 0 aliphatic carbocycles. The lowest BCUT2D eigenvalue weighted by Crippen LogP contribution is -2.43. The lowest BCUT2D eigenvalue weighted by atomic mass is 10.2. The van der Waals surface area contributed by atoms with Crippen LogP contribution in [0.2, 0.25) is 0 Å². The number of nitrogens with zero attached hydrogens (tertiary/aromatic N) is 1. The van der Waals surface area contributed by atoms with Crippen LogP contribution < -0.4 is 0 Å². The third-order valence-electron chi connectivity index (χ3n) is 2.98. The van der Waals surface area contributed by atoms with Crippen LogP contribution in [0.1, 0.15) is 13.3 Å². The molecule has 0 aromatic heterocycles. The highest BCUT2D eigenvalue weighted by Crippen LogP contribution is 2.20. The van der Waals surface area contributed by atoms with Crippen molar-refractivity contribution < 1.29 is 27.9 Å². The highest BCUT2D eigenvalue weighted by Gasteiger charge is 2.40. The van der Waals surface area contributed by atoms with E-state index in [1.165, 1.54) is 14.0 Å². The van der Waals surface area contributed by atoms with Crippen molar-refractivity contribution in [2.24, 2.45) is 0 Å². The number of rotatable bonds is 5. The minimum Gasteiger partial charge on any atom is -0.480 e. The van der Waals surface area contributed by atoms with Crippen molar-refractivity contribution in [1.29, 1.82) is 0 Å². The number of carbonyl (C=O) groups excluding carboxylic acids is 1. The van der Waals surface area contributed by atoms with E-state index in [4.69, 9.17) is 9.84 Å². The predicted molar refractivity (Wildman–Crippen MR) is 62.9 cm³/mol. The van der Waals surface area contributed by atoms with Crippen molar-refractivity contribution in [2.45, 2.75) is 25.5 Å². The van der Waals surface area contributed by atoms with E-state index < -0.39 is 33.5 Å². The predicted octanol–water partition coefficient (Wildman–Crippen LogP) is -0.878. The van der Waals surface area contributed by atoms with Gasteiger partial charge in [-0.3, -0.25) is 4.79 Å². The Kier molecular flexibility index (Phi) is 4.69. The van der Waals surface area contributed by atoms with Gasteiger partial charge in [-0.25, -0.2) is 13.2 Å². The summed E-state index contributed by atoms with van der Waals surface area (Å²) in [5, 5.41) is 9.00. The molecule has 1 saturated heterocycles. The second-order valence-corrected chi connectivity index (χ2v) is 6.52. The number of carboxylic acids is 1. The molecular formula is C10H17NO6S. The van der Waals surface area contributed by atoms with E-state index >= 15 is 0 Å². The van der Waals surface area contributed by atoms with Crippen LogP contribution in [0.25, 0.3) is 0 Å². The van der Waals surface area contributed by atoms with Gasteiger partial charge in [0.15, 0.2) is 9.84 Å². The third kappa shape index (κ3) is 3.42. The zero-order valence-corrected chi connectivity index (χ0v) is 11.1. The van der Waals surface area contributed by atoms with Gasteiger partial charge in [0.25, 0.3) is 0 Å². The highest BCUT2D eigenvalue weighted by molar-refractivity contribution is 7.92. The third-order valence-corrected chi connectivity index (χ3v) is 4.55. The molecule has 1 heterocycles. The number of methoxy groups -OCH3 is 1. The molecule has 0 aromatic rings. The van der Waals surface area contributed by atoms with Crippen molar-refractivity contribution in [1.82, 2.24) is 4.90 Å². The molecule has 0 saturated carbocycles. The first-order valence-corrected chi connectivity index (χ1v) is 7.38. The quantitative estimate of drug-likeness (QED) is 0.701. The van der Waals surface area contributed by atoms with E-state index in [0.29, 0.717) is 0 Å². The average Bonchev–Trinajstić information content (AvgIpc) is 2.72. The summed E-state index contributed by atoms with van der Waals surface area (Å²) >= 11 is 0. The Balaban J connectivity index is 2.80. The molecule has 18 heavy (non-hydrogen) atoms. The van der Waals surface area contributed by atoms with Crippen LogP contribution in [-0.4, -0.2) is 67.6 Å². The first-order chi connectivity index (χ1) is 8.30. The first-order valence-electron chi connectivity index (χ1n) is 5.56. The molecule has 1 N–H and O–H groups in total. The van der Waals surface area contributed by atoms with Gasteiger partial charge in [0.2, 0.25) is 5.91 Å². The van der Waals surface area contributed by atoms with E-state index in [1.807, 2.05) is 0 Å². The van der Waals surface area contributed by atoms with E-state index in [1.54, 1.807) is 0 Å². The van der Waals surface area contributed by atoms with Gasteiger partial charge in [0.05, 0.1) is 6.10 Å². The van der Waals surface area contributed by atoms with Crippen molar-refractivity contribution in [3.63, 3.8) is 0 Å². The van der Waals surface area contributed by atoms with E-state index in [9.17, 15) is 18.0 Å². The summed E-state index contributed by atoms with van der Waals surface area (Å²) < 4.78 is 27.8. The molecule has 2 unspecified atom stereocenters. The summed E-state index contributed by atoms with van der Waals surface area (Å²) in [6, 6.07) is -1.01. The number of hydrogen-bond acceptors (Lipinski definition) is 5. The van der Waals surface area contributed by atoms with Gasteiger partial charge in [-0.15, -0.1) is 0 Å². The standard InChI is InChI=1S/C10H17NO6S/c1-3-18(15,16)6-9(12)11-5-7(17-2)4-8(11)10(13)14/h7-8H,3-6H2,1-2H3,(H,13,14). The summed E-state index contributed by atoms with van der Waals surface area (Å²) in [6.45, 7) is 1.56. The van der Waals surface area contributed by atoms with Crippen LogP contribution in [0, 0.1) is 0 Å². The molecule has 1 rings (SSSR count). The molecule has 104 valence electrons. The Labute approximate surface area is 106 Å². The fourth-order valence-corrected chi connectivity index (χ4v) is 2.60. The van der Waals surface area contributed by atoms with Gasteiger partial charge >= 0.3 is 5.97 Å². The number of carbonyl (C=O) groups is 2. The summed E-state index contributed by atoms with van der Waals surface area (Å²) in [5.74, 6) is -2.61. The summed E-state index contributed by atoms with van der Waals surface area (Å²) in [5.41, 5.74) is 0. The minimum atomic E-state index is -3.45. The Bertz CT molecular complexity index is 432. The average molecular weight is 279 g/mol. The van der Waals surface area contributed by atoms with E-state index in [-0.39, 0.29) is 24.8 Å². The molecule has 1 fully saturated rings. The molecule has 0 bridgehead atoms. The second kappa shape index (κ2) is 5.66. The van der Waals surface area contributed by atoms with E-state index in [2.05, 4.69) is 0 Å². The molecule has 1 aliphatic rings. The number of sulfone groups is 1. The molecule has 8 heteroatoms. The van der Waals surface area contributed by atoms with Crippen LogP contribution >= 0.6 is 0 Å². The fraction of sp³-hybridized carbons (Fsp3) is 0.800. The number of carboxylic acid groups (broad SMARTS) is 1. The zero-order valence-electron chi connectivity index (χ0n) is 10.3. The molecule has 0 spiro atoms.